The summed E-state index contributed by atoms with van der Waals surface area (Å²) in [5.74, 6) is -0.461. The van der Waals surface area contributed by atoms with Crippen LogP contribution in [-0.2, 0) is 11.3 Å². The maximum Gasteiger partial charge on any atom is 0.274 e. The molecule has 1 aliphatic heterocycles. The summed E-state index contributed by atoms with van der Waals surface area (Å²) >= 11 is 0. The SMILES string of the molecule is CCn1cc(N)c(C(=O)NCC(=O)N2CCCC2)n1. The number of nitrogens with one attached hydrogen (secondary N) is 1. The number of anilines is 1. The van der Waals surface area contributed by atoms with E-state index in [1.165, 1.54) is 0 Å². The predicted octanol–water partition coefficient (Wildman–Crippen LogP) is -0.163. The highest BCUT2D eigenvalue weighted by Crippen LogP contribution is 2.09. The van der Waals surface area contributed by atoms with Gasteiger partial charge in [-0.15, -0.1) is 0 Å². The first kappa shape index (κ1) is 13.4. The number of aromatic nitrogens is 2. The fraction of sp³-hybridized carbons (Fsp3) is 0.583. The zero-order chi connectivity index (χ0) is 13.8. The van der Waals surface area contributed by atoms with Gasteiger partial charge >= 0.3 is 0 Å². The average Bonchev–Trinajstić information content (AvgIpc) is 3.04. The highest BCUT2D eigenvalue weighted by molar-refractivity contribution is 5.98. The molecule has 2 rings (SSSR count). The second-order valence-electron chi connectivity index (χ2n) is 4.56. The van der Waals surface area contributed by atoms with Crippen LogP contribution in [-0.4, -0.2) is 46.1 Å². The third-order valence-corrected chi connectivity index (χ3v) is 3.19. The molecule has 19 heavy (non-hydrogen) atoms. The zero-order valence-electron chi connectivity index (χ0n) is 11.1. The van der Waals surface area contributed by atoms with Crippen LogP contribution in [0.15, 0.2) is 6.20 Å². The molecule has 104 valence electrons. The van der Waals surface area contributed by atoms with Gasteiger partial charge in [0.15, 0.2) is 5.69 Å². The summed E-state index contributed by atoms with van der Waals surface area (Å²) in [6.45, 7) is 4.11. The number of nitrogens with zero attached hydrogens (tertiary/aromatic N) is 3. The Labute approximate surface area is 111 Å². The van der Waals surface area contributed by atoms with Gasteiger partial charge in [0.25, 0.3) is 5.91 Å². The summed E-state index contributed by atoms with van der Waals surface area (Å²) in [6.07, 6.45) is 3.68. The third-order valence-electron chi connectivity index (χ3n) is 3.19. The zero-order valence-corrected chi connectivity index (χ0v) is 11.1. The van der Waals surface area contributed by atoms with E-state index in [1.54, 1.807) is 15.8 Å². The first-order valence-electron chi connectivity index (χ1n) is 6.50. The number of aryl methyl sites for hydroxylation is 1. The lowest BCUT2D eigenvalue weighted by molar-refractivity contribution is -0.129. The van der Waals surface area contributed by atoms with Crippen molar-refractivity contribution in [2.24, 2.45) is 0 Å². The molecule has 0 spiro atoms. The number of carbonyl (C=O) groups excluding carboxylic acids is 2. The van der Waals surface area contributed by atoms with Crippen LogP contribution >= 0.6 is 0 Å². The van der Waals surface area contributed by atoms with Crippen LogP contribution in [0.25, 0.3) is 0 Å². The van der Waals surface area contributed by atoms with Gasteiger partial charge in [0.2, 0.25) is 5.91 Å². The van der Waals surface area contributed by atoms with Gasteiger partial charge in [-0.2, -0.15) is 5.10 Å². The second-order valence-corrected chi connectivity index (χ2v) is 4.56. The Kier molecular flexibility index (Phi) is 4.03. The topological polar surface area (TPSA) is 93.2 Å². The van der Waals surface area contributed by atoms with Gasteiger partial charge < -0.3 is 16.0 Å². The average molecular weight is 265 g/mol. The Morgan fingerprint density at radius 2 is 2.11 bits per heavy atom. The van der Waals surface area contributed by atoms with Crippen molar-refractivity contribution in [1.82, 2.24) is 20.0 Å². The van der Waals surface area contributed by atoms with Crippen molar-refractivity contribution in [3.8, 4) is 0 Å². The lowest BCUT2D eigenvalue weighted by atomic mass is 10.3. The van der Waals surface area contributed by atoms with E-state index in [4.69, 9.17) is 5.73 Å². The molecule has 1 fully saturated rings. The van der Waals surface area contributed by atoms with Crippen LogP contribution in [0.3, 0.4) is 0 Å². The Bertz CT molecular complexity index is 476. The van der Waals surface area contributed by atoms with E-state index in [-0.39, 0.29) is 18.1 Å². The summed E-state index contributed by atoms with van der Waals surface area (Å²) in [5.41, 5.74) is 6.21. The van der Waals surface area contributed by atoms with Crippen LogP contribution in [0.2, 0.25) is 0 Å². The molecule has 1 aromatic rings. The standard InChI is InChI=1S/C12H19N5O2/c1-2-17-8-9(13)11(15-17)12(19)14-7-10(18)16-5-3-4-6-16/h8H,2-7,13H2,1H3,(H,14,19). The molecule has 0 aliphatic carbocycles. The largest absolute Gasteiger partial charge is 0.396 e. The maximum absolute atomic E-state index is 11.9. The van der Waals surface area contributed by atoms with E-state index in [2.05, 4.69) is 10.4 Å². The van der Waals surface area contributed by atoms with Gasteiger partial charge in [-0.3, -0.25) is 14.3 Å². The number of hydrogen-bond donors (Lipinski definition) is 2. The second kappa shape index (κ2) is 5.73. The van der Waals surface area contributed by atoms with Gasteiger partial charge in [-0.25, -0.2) is 0 Å². The number of hydrogen-bond acceptors (Lipinski definition) is 4. The normalized spacial score (nSPS) is 14.7. The molecule has 7 nitrogen and oxygen atoms in total. The molecule has 1 saturated heterocycles. The molecule has 1 aromatic heterocycles. The number of rotatable bonds is 4. The van der Waals surface area contributed by atoms with E-state index >= 15 is 0 Å². The fourth-order valence-corrected chi connectivity index (χ4v) is 2.09. The van der Waals surface area contributed by atoms with E-state index < -0.39 is 5.91 Å². The highest BCUT2D eigenvalue weighted by atomic mass is 16.2. The minimum absolute atomic E-state index is 0.00272. The van der Waals surface area contributed by atoms with Crippen molar-refractivity contribution in [1.29, 1.82) is 0 Å². The summed E-state index contributed by atoms with van der Waals surface area (Å²) < 4.78 is 1.59. The predicted molar refractivity (Wildman–Crippen MR) is 70.5 cm³/mol. The highest BCUT2D eigenvalue weighted by Gasteiger charge is 2.20. The first-order valence-corrected chi connectivity index (χ1v) is 6.50. The number of nitrogen functional groups attached to an aromatic ring is 1. The van der Waals surface area contributed by atoms with E-state index in [0.29, 0.717) is 12.2 Å². The van der Waals surface area contributed by atoms with Crippen molar-refractivity contribution >= 4 is 17.5 Å². The van der Waals surface area contributed by atoms with Crippen LogP contribution in [0.4, 0.5) is 5.69 Å². The minimum atomic E-state index is -0.405. The molecule has 0 unspecified atom stereocenters. The molecule has 3 N–H and O–H groups in total. The maximum atomic E-state index is 11.9. The van der Waals surface area contributed by atoms with Crippen LogP contribution in [0.5, 0.6) is 0 Å². The third kappa shape index (κ3) is 3.04. The Morgan fingerprint density at radius 3 is 2.68 bits per heavy atom. The van der Waals surface area contributed by atoms with Gasteiger partial charge in [0.1, 0.15) is 0 Å². The molecule has 0 saturated carbocycles. The van der Waals surface area contributed by atoms with Gasteiger partial charge in [0.05, 0.1) is 12.2 Å². The monoisotopic (exact) mass is 265 g/mol. The summed E-state index contributed by atoms with van der Waals surface area (Å²) in [7, 11) is 0. The molecule has 7 heteroatoms. The van der Waals surface area contributed by atoms with Crippen molar-refractivity contribution < 1.29 is 9.59 Å². The van der Waals surface area contributed by atoms with Crippen LogP contribution in [0.1, 0.15) is 30.3 Å². The van der Waals surface area contributed by atoms with Gasteiger partial charge in [-0.05, 0) is 19.8 Å². The van der Waals surface area contributed by atoms with Crippen LogP contribution in [0, 0.1) is 0 Å². The molecule has 2 heterocycles. The van der Waals surface area contributed by atoms with Crippen molar-refractivity contribution in [2.45, 2.75) is 26.3 Å². The number of nitrogens with two attached hydrogens (primary N) is 1. The molecular weight excluding hydrogens is 246 g/mol. The number of carbonyl (C=O) groups is 2. The van der Waals surface area contributed by atoms with Crippen molar-refractivity contribution in [3.05, 3.63) is 11.9 Å². The molecule has 0 atom stereocenters. The smallest absolute Gasteiger partial charge is 0.274 e. The van der Waals surface area contributed by atoms with E-state index in [1.807, 2.05) is 6.92 Å². The summed E-state index contributed by atoms with van der Waals surface area (Å²) in [5, 5.41) is 6.63. The van der Waals surface area contributed by atoms with Gasteiger partial charge in [0, 0.05) is 25.8 Å². The number of likely N-dealkylation sites (tertiary alicyclic amines) is 1. The summed E-state index contributed by atoms with van der Waals surface area (Å²) in [4.78, 5) is 25.4. The Hall–Kier alpha value is -2.05. The fourth-order valence-electron chi connectivity index (χ4n) is 2.09. The van der Waals surface area contributed by atoms with E-state index in [9.17, 15) is 9.59 Å². The molecule has 0 bridgehead atoms. The molecular formula is C12H19N5O2. The van der Waals surface area contributed by atoms with Crippen LogP contribution < -0.4 is 11.1 Å². The van der Waals surface area contributed by atoms with Gasteiger partial charge in [-0.1, -0.05) is 0 Å². The molecule has 0 aromatic carbocycles. The lowest BCUT2D eigenvalue weighted by Crippen LogP contribution is -2.38. The van der Waals surface area contributed by atoms with Crippen molar-refractivity contribution in [2.75, 3.05) is 25.4 Å². The lowest BCUT2D eigenvalue weighted by Gasteiger charge is -2.15. The van der Waals surface area contributed by atoms with Crippen molar-refractivity contribution in [3.63, 3.8) is 0 Å². The van der Waals surface area contributed by atoms with E-state index in [0.717, 1.165) is 25.9 Å². The molecule has 1 aliphatic rings. The number of amides is 2. The summed E-state index contributed by atoms with van der Waals surface area (Å²) in [6, 6.07) is 0. The molecule has 2 amide bonds. The molecule has 0 radical (unpaired) electrons. The quantitative estimate of drug-likeness (QED) is 0.791. The Balaban J connectivity index is 1.89. The minimum Gasteiger partial charge on any atom is -0.396 e. The Morgan fingerprint density at radius 1 is 1.42 bits per heavy atom. The first-order chi connectivity index (χ1) is 9.11.